The lowest BCUT2D eigenvalue weighted by atomic mass is 10.0. The van der Waals surface area contributed by atoms with Gasteiger partial charge in [-0.25, -0.2) is 0 Å². The van der Waals surface area contributed by atoms with E-state index in [-0.39, 0.29) is 30.3 Å². The summed E-state index contributed by atoms with van der Waals surface area (Å²) in [5.74, 6) is 0.133. The Bertz CT molecular complexity index is 296. The van der Waals surface area contributed by atoms with Gasteiger partial charge in [-0.3, -0.25) is 10.1 Å². The number of halogens is 1. The first kappa shape index (κ1) is 11.9. The summed E-state index contributed by atoms with van der Waals surface area (Å²) in [5, 5.41) is 18.6. The standard InChI is InChI=1S/C7H12N6O.ClH/c14-6(5-3-1-2-4-8-5)9-7-10-12-13-11-7;/h5,8H,1-4H2,(H2,9,10,11,12,13,14);1H/t5-;/m1./s1. The summed E-state index contributed by atoms with van der Waals surface area (Å²) in [5.41, 5.74) is 0. The Labute approximate surface area is 92.8 Å². The Hall–Kier alpha value is -1.21. The van der Waals surface area contributed by atoms with E-state index in [0.717, 1.165) is 25.8 Å². The normalized spacial score (nSPS) is 20.4. The van der Waals surface area contributed by atoms with Crippen molar-refractivity contribution in [2.75, 3.05) is 11.9 Å². The molecule has 1 aliphatic heterocycles. The van der Waals surface area contributed by atoms with Crippen molar-refractivity contribution in [3.63, 3.8) is 0 Å². The maximum absolute atomic E-state index is 11.6. The van der Waals surface area contributed by atoms with Gasteiger partial charge in [0.05, 0.1) is 6.04 Å². The lowest BCUT2D eigenvalue weighted by Gasteiger charge is -2.21. The Balaban J connectivity index is 0.00000112. The van der Waals surface area contributed by atoms with Crippen molar-refractivity contribution < 1.29 is 4.79 Å². The molecule has 0 spiro atoms. The second-order valence-electron chi connectivity index (χ2n) is 3.23. The van der Waals surface area contributed by atoms with Crippen LogP contribution in [0.4, 0.5) is 5.95 Å². The zero-order valence-corrected chi connectivity index (χ0v) is 8.88. The van der Waals surface area contributed by atoms with Gasteiger partial charge >= 0.3 is 0 Å². The number of nitrogens with zero attached hydrogens (tertiary/aromatic N) is 3. The van der Waals surface area contributed by atoms with E-state index in [4.69, 9.17) is 0 Å². The summed E-state index contributed by atoms with van der Waals surface area (Å²) in [6, 6.07) is -0.123. The fraction of sp³-hybridized carbons (Fsp3) is 0.714. The molecule has 0 bridgehead atoms. The Morgan fingerprint density at radius 2 is 2.33 bits per heavy atom. The molecule has 8 heteroatoms. The van der Waals surface area contributed by atoms with Crippen molar-refractivity contribution in [1.29, 1.82) is 0 Å². The van der Waals surface area contributed by atoms with Crippen molar-refractivity contribution in [1.82, 2.24) is 25.9 Å². The molecule has 0 aliphatic carbocycles. The summed E-state index contributed by atoms with van der Waals surface area (Å²) in [6.07, 6.45) is 3.08. The van der Waals surface area contributed by atoms with Crippen molar-refractivity contribution in [3.05, 3.63) is 0 Å². The lowest BCUT2D eigenvalue weighted by molar-refractivity contribution is -0.118. The van der Waals surface area contributed by atoms with Crippen LogP contribution in [0.25, 0.3) is 0 Å². The highest BCUT2D eigenvalue weighted by atomic mass is 35.5. The molecule has 15 heavy (non-hydrogen) atoms. The Morgan fingerprint density at radius 1 is 1.47 bits per heavy atom. The number of piperidine rings is 1. The molecule has 1 amide bonds. The SMILES string of the molecule is Cl.O=C(Nc1nn[nH]n1)[C@H]1CCCCN1. The predicted octanol–water partition coefficient (Wildman–Crippen LogP) is -0.298. The highest BCUT2D eigenvalue weighted by Gasteiger charge is 2.21. The number of carbonyl (C=O) groups is 1. The molecule has 2 heterocycles. The van der Waals surface area contributed by atoms with Crippen LogP contribution in [-0.4, -0.2) is 39.1 Å². The second-order valence-corrected chi connectivity index (χ2v) is 3.23. The average Bonchev–Trinajstić information content (AvgIpc) is 2.72. The largest absolute Gasteiger partial charge is 0.306 e. The van der Waals surface area contributed by atoms with Gasteiger partial charge in [-0.1, -0.05) is 11.5 Å². The number of rotatable bonds is 2. The summed E-state index contributed by atoms with van der Waals surface area (Å²) in [4.78, 5) is 11.6. The molecule has 0 unspecified atom stereocenters. The number of tetrazole rings is 1. The van der Waals surface area contributed by atoms with Crippen LogP contribution in [0.1, 0.15) is 19.3 Å². The van der Waals surface area contributed by atoms with Gasteiger partial charge in [0.15, 0.2) is 0 Å². The smallest absolute Gasteiger partial charge is 0.269 e. The Kier molecular flexibility index (Phi) is 4.44. The molecule has 1 fully saturated rings. The molecule has 1 aromatic rings. The van der Waals surface area contributed by atoms with Crippen LogP contribution in [0.3, 0.4) is 0 Å². The molecule has 1 aliphatic rings. The van der Waals surface area contributed by atoms with Crippen LogP contribution in [0.15, 0.2) is 0 Å². The number of carbonyl (C=O) groups excluding carboxylic acids is 1. The zero-order chi connectivity index (χ0) is 9.80. The van der Waals surface area contributed by atoms with Gasteiger partial charge in [0.2, 0.25) is 5.91 Å². The fourth-order valence-electron chi connectivity index (χ4n) is 1.49. The van der Waals surface area contributed by atoms with Crippen LogP contribution >= 0.6 is 12.4 Å². The third kappa shape index (κ3) is 3.14. The maximum atomic E-state index is 11.6. The van der Waals surface area contributed by atoms with Crippen LogP contribution in [0.2, 0.25) is 0 Å². The van der Waals surface area contributed by atoms with Gasteiger partial charge in [-0.05, 0) is 24.6 Å². The van der Waals surface area contributed by atoms with E-state index in [1.165, 1.54) is 0 Å². The van der Waals surface area contributed by atoms with Gasteiger partial charge in [-0.2, -0.15) is 5.21 Å². The summed E-state index contributed by atoms with van der Waals surface area (Å²) >= 11 is 0. The van der Waals surface area contributed by atoms with E-state index < -0.39 is 0 Å². The number of aromatic nitrogens is 4. The molecule has 0 radical (unpaired) electrons. The quantitative estimate of drug-likeness (QED) is 0.651. The minimum absolute atomic E-state index is 0. The van der Waals surface area contributed by atoms with Crippen molar-refractivity contribution in [2.24, 2.45) is 0 Å². The van der Waals surface area contributed by atoms with Gasteiger partial charge < -0.3 is 5.32 Å². The molecular weight excluding hydrogens is 220 g/mol. The first-order chi connectivity index (χ1) is 6.86. The van der Waals surface area contributed by atoms with Crippen LogP contribution in [0.5, 0.6) is 0 Å². The molecule has 7 nitrogen and oxygen atoms in total. The average molecular weight is 233 g/mol. The minimum Gasteiger partial charge on any atom is -0.306 e. The lowest BCUT2D eigenvalue weighted by Crippen LogP contribution is -2.43. The number of anilines is 1. The van der Waals surface area contributed by atoms with Gasteiger partial charge in [0.1, 0.15) is 0 Å². The van der Waals surface area contributed by atoms with E-state index in [9.17, 15) is 4.79 Å². The maximum Gasteiger partial charge on any atom is 0.269 e. The molecule has 1 aromatic heterocycles. The molecule has 0 saturated carbocycles. The van der Waals surface area contributed by atoms with Gasteiger partial charge in [0, 0.05) is 0 Å². The third-order valence-corrected chi connectivity index (χ3v) is 2.21. The molecule has 1 atom stereocenters. The summed E-state index contributed by atoms with van der Waals surface area (Å²) < 4.78 is 0. The highest BCUT2D eigenvalue weighted by Crippen LogP contribution is 2.08. The number of hydrogen-bond donors (Lipinski definition) is 3. The van der Waals surface area contributed by atoms with Gasteiger partial charge in [-0.15, -0.1) is 17.5 Å². The predicted molar refractivity (Wildman–Crippen MR) is 55.7 cm³/mol. The van der Waals surface area contributed by atoms with Crippen molar-refractivity contribution in [2.45, 2.75) is 25.3 Å². The van der Waals surface area contributed by atoms with E-state index >= 15 is 0 Å². The molecule has 84 valence electrons. The Morgan fingerprint density at radius 3 is 2.93 bits per heavy atom. The number of amides is 1. The molecule has 1 saturated heterocycles. The van der Waals surface area contributed by atoms with Crippen molar-refractivity contribution in [3.8, 4) is 0 Å². The minimum atomic E-state index is -0.123. The van der Waals surface area contributed by atoms with Crippen LogP contribution < -0.4 is 10.6 Å². The molecular formula is C7H13ClN6O. The van der Waals surface area contributed by atoms with E-state index in [0.29, 0.717) is 0 Å². The second kappa shape index (κ2) is 5.62. The summed E-state index contributed by atoms with van der Waals surface area (Å²) in [6.45, 7) is 0.893. The van der Waals surface area contributed by atoms with E-state index in [1.54, 1.807) is 0 Å². The monoisotopic (exact) mass is 232 g/mol. The highest BCUT2D eigenvalue weighted by molar-refractivity contribution is 5.93. The molecule has 0 aromatic carbocycles. The van der Waals surface area contributed by atoms with Crippen LogP contribution in [0, 0.1) is 0 Å². The number of H-pyrrole nitrogens is 1. The fourth-order valence-corrected chi connectivity index (χ4v) is 1.49. The molecule has 2 rings (SSSR count). The first-order valence-electron chi connectivity index (χ1n) is 4.64. The van der Waals surface area contributed by atoms with E-state index in [2.05, 4.69) is 31.3 Å². The molecule has 3 N–H and O–H groups in total. The van der Waals surface area contributed by atoms with Gasteiger partial charge in [0.25, 0.3) is 5.95 Å². The van der Waals surface area contributed by atoms with E-state index in [1.807, 2.05) is 0 Å². The number of nitrogens with one attached hydrogen (secondary N) is 3. The topological polar surface area (TPSA) is 95.6 Å². The summed E-state index contributed by atoms with van der Waals surface area (Å²) in [7, 11) is 0. The first-order valence-corrected chi connectivity index (χ1v) is 4.64. The van der Waals surface area contributed by atoms with Crippen LogP contribution in [-0.2, 0) is 4.79 Å². The van der Waals surface area contributed by atoms with Crippen molar-refractivity contribution >= 4 is 24.3 Å². The number of hydrogen-bond acceptors (Lipinski definition) is 5. The third-order valence-electron chi connectivity index (χ3n) is 2.21. The zero-order valence-electron chi connectivity index (χ0n) is 8.06. The number of aromatic amines is 1.